The molecular weight excluding hydrogens is 190 g/mol. The molecule has 0 spiro atoms. The Morgan fingerprint density at radius 3 is 2.73 bits per heavy atom. The van der Waals surface area contributed by atoms with Crippen molar-refractivity contribution >= 4 is 5.91 Å². The minimum Gasteiger partial charge on any atom is -0.338 e. The molecule has 85 valence electrons. The normalized spacial score (nSPS) is 31.9. The Hall–Kier alpha value is -0.610. The molecule has 0 aliphatic carbocycles. The van der Waals surface area contributed by atoms with Gasteiger partial charge < -0.3 is 10.2 Å². The van der Waals surface area contributed by atoms with E-state index in [2.05, 4.69) is 17.6 Å². The second kappa shape index (κ2) is 4.49. The summed E-state index contributed by atoms with van der Waals surface area (Å²) in [6.45, 7) is 6.32. The maximum Gasteiger partial charge on any atom is 0.242 e. The van der Waals surface area contributed by atoms with Gasteiger partial charge in [-0.3, -0.25) is 4.79 Å². The molecule has 2 aliphatic rings. The van der Waals surface area contributed by atoms with Gasteiger partial charge in [0.2, 0.25) is 5.91 Å². The molecule has 1 radical (unpaired) electrons. The molecule has 0 aromatic carbocycles. The highest BCUT2D eigenvalue weighted by atomic mass is 16.2. The van der Waals surface area contributed by atoms with Crippen molar-refractivity contribution in [2.24, 2.45) is 0 Å². The topological polar surface area (TPSA) is 46.4 Å². The van der Waals surface area contributed by atoms with Crippen LogP contribution in [0.3, 0.4) is 0 Å². The molecule has 2 aliphatic heterocycles. The minimum absolute atomic E-state index is 0.253. The van der Waals surface area contributed by atoms with Crippen molar-refractivity contribution in [2.45, 2.75) is 31.7 Å². The summed E-state index contributed by atoms with van der Waals surface area (Å²) >= 11 is 0. The lowest BCUT2D eigenvalue weighted by atomic mass is 9.92. The van der Waals surface area contributed by atoms with Crippen LogP contribution in [0.1, 0.15) is 26.2 Å². The number of piperazine rings is 1. The van der Waals surface area contributed by atoms with Gasteiger partial charge in [0.25, 0.3) is 0 Å². The van der Waals surface area contributed by atoms with E-state index in [1.807, 2.05) is 4.90 Å². The van der Waals surface area contributed by atoms with Crippen molar-refractivity contribution in [3.63, 3.8) is 0 Å². The summed E-state index contributed by atoms with van der Waals surface area (Å²) in [5.41, 5.74) is -0.253. The monoisotopic (exact) mass is 210 g/mol. The van der Waals surface area contributed by atoms with E-state index >= 15 is 0 Å². The van der Waals surface area contributed by atoms with Crippen LogP contribution >= 0.6 is 0 Å². The van der Waals surface area contributed by atoms with Crippen LogP contribution in [-0.2, 0) is 4.79 Å². The van der Waals surface area contributed by atoms with E-state index in [9.17, 15) is 4.79 Å². The Labute approximate surface area is 91.4 Å². The first-order valence-electron chi connectivity index (χ1n) is 5.96. The Morgan fingerprint density at radius 2 is 2.20 bits per heavy atom. The average molecular weight is 210 g/mol. The Morgan fingerprint density at radius 1 is 1.47 bits per heavy atom. The number of hydrogen-bond acceptors (Lipinski definition) is 2. The predicted molar refractivity (Wildman–Crippen MR) is 58.7 cm³/mol. The molecule has 2 fully saturated rings. The first-order valence-corrected chi connectivity index (χ1v) is 5.96. The van der Waals surface area contributed by atoms with Gasteiger partial charge in [0.15, 0.2) is 0 Å². The molecule has 0 aromatic rings. The van der Waals surface area contributed by atoms with Gasteiger partial charge in [-0.15, -0.1) is 0 Å². The van der Waals surface area contributed by atoms with E-state index in [4.69, 9.17) is 0 Å². The zero-order valence-electron chi connectivity index (χ0n) is 9.46. The van der Waals surface area contributed by atoms with Crippen LogP contribution in [0.4, 0.5) is 0 Å². The maximum absolute atomic E-state index is 12.4. The Balaban J connectivity index is 2.03. The van der Waals surface area contributed by atoms with Crippen LogP contribution < -0.4 is 10.6 Å². The number of amides is 1. The zero-order valence-corrected chi connectivity index (χ0v) is 9.46. The highest BCUT2D eigenvalue weighted by Crippen LogP contribution is 2.25. The highest BCUT2D eigenvalue weighted by Gasteiger charge is 2.41. The largest absolute Gasteiger partial charge is 0.338 e. The fourth-order valence-corrected chi connectivity index (χ4v) is 2.55. The van der Waals surface area contributed by atoms with Crippen LogP contribution in [0, 0.1) is 0 Å². The summed E-state index contributed by atoms with van der Waals surface area (Å²) in [6.07, 6.45) is 3.02. The third kappa shape index (κ3) is 2.01. The molecule has 0 unspecified atom stereocenters. The molecule has 1 atom stereocenters. The van der Waals surface area contributed by atoms with Crippen LogP contribution in [0.2, 0.25) is 0 Å². The van der Waals surface area contributed by atoms with Gasteiger partial charge in [-0.25, -0.2) is 5.32 Å². The van der Waals surface area contributed by atoms with Crippen molar-refractivity contribution in [1.29, 1.82) is 0 Å². The fraction of sp³-hybridized carbons (Fsp3) is 0.909. The van der Waals surface area contributed by atoms with Gasteiger partial charge in [0, 0.05) is 26.2 Å². The van der Waals surface area contributed by atoms with E-state index in [-0.39, 0.29) is 5.54 Å². The molecule has 2 saturated heterocycles. The van der Waals surface area contributed by atoms with Gasteiger partial charge in [-0.2, -0.15) is 0 Å². The first kappa shape index (κ1) is 10.9. The van der Waals surface area contributed by atoms with Gasteiger partial charge in [0.05, 0.1) is 5.54 Å². The Kier molecular flexibility index (Phi) is 3.26. The molecule has 15 heavy (non-hydrogen) atoms. The summed E-state index contributed by atoms with van der Waals surface area (Å²) in [5.74, 6) is 0.303. The lowest BCUT2D eigenvalue weighted by Crippen LogP contribution is -2.57. The van der Waals surface area contributed by atoms with Crippen LogP contribution in [0.25, 0.3) is 0 Å². The van der Waals surface area contributed by atoms with Crippen LogP contribution in [0.15, 0.2) is 0 Å². The first-order chi connectivity index (χ1) is 7.28. The summed E-state index contributed by atoms with van der Waals surface area (Å²) in [4.78, 5) is 14.4. The van der Waals surface area contributed by atoms with Gasteiger partial charge in [-0.1, -0.05) is 6.92 Å². The minimum atomic E-state index is -0.253. The van der Waals surface area contributed by atoms with Crippen molar-refractivity contribution in [3.8, 4) is 0 Å². The van der Waals surface area contributed by atoms with Crippen molar-refractivity contribution in [2.75, 3.05) is 32.7 Å². The van der Waals surface area contributed by atoms with E-state index < -0.39 is 0 Å². The number of nitrogens with one attached hydrogen (secondary N) is 1. The Bertz CT molecular complexity index is 230. The maximum atomic E-state index is 12.4. The van der Waals surface area contributed by atoms with Crippen molar-refractivity contribution < 1.29 is 4.79 Å². The highest BCUT2D eigenvalue weighted by molar-refractivity contribution is 5.86. The van der Waals surface area contributed by atoms with Gasteiger partial charge in [0.1, 0.15) is 0 Å². The predicted octanol–water partition coefficient (Wildman–Crippen LogP) is -0.0348. The number of hydrogen-bond donors (Lipinski definition) is 1. The van der Waals surface area contributed by atoms with E-state index in [0.717, 1.165) is 52.0 Å². The number of carbonyl (C=O) groups excluding carboxylic acids is 1. The van der Waals surface area contributed by atoms with E-state index in [1.165, 1.54) is 0 Å². The van der Waals surface area contributed by atoms with Crippen molar-refractivity contribution in [3.05, 3.63) is 0 Å². The average Bonchev–Trinajstić information content (AvgIpc) is 2.79. The smallest absolute Gasteiger partial charge is 0.242 e. The van der Waals surface area contributed by atoms with Crippen LogP contribution in [0.5, 0.6) is 0 Å². The molecule has 0 aromatic heterocycles. The summed E-state index contributed by atoms with van der Waals surface area (Å²) in [7, 11) is 0. The third-order valence-electron chi connectivity index (χ3n) is 3.60. The number of nitrogens with zero attached hydrogens (tertiary/aromatic N) is 2. The lowest BCUT2D eigenvalue weighted by Gasteiger charge is -2.35. The molecule has 2 heterocycles. The second-order valence-corrected chi connectivity index (χ2v) is 4.43. The van der Waals surface area contributed by atoms with E-state index in [0.29, 0.717) is 5.91 Å². The second-order valence-electron chi connectivity index (χ2n) is 4.43. The van der Waals surface area contributed by atoms with Crippen molar-refractivity contribution in [1.82, 2.24) is 15.5 Å². The summed E-state index contributed by atoms with van der Waals surface area (Å²) < 4.78 is 0. The number of rotatable bonds is 2. The molecule has 1 N–H and O–H groups in total. The molecule has 2 rings (SSSR count). The molecule has 4 nitrogen and oxygen atoms in total. The third-order valence-corrected chi connectivity index (χ3v) is 3.60. The molecular formula is C11H20N3O. The standard InChI is InChI=1S/C11H20N3O/c1-2-11(4-3-5-13-11)10(15)14-8-6-12-7-9-14/h13H,2-9H2,1H3/t11-/m1/s1. The SMILES string of the molecule is CC[C@]1(C(=O)N2CC[N]CC2)CCCN1. The molecule has 4 heteroatoms. The molecule has 0 bridgehead atoms. The van der Waals surface area contributed by atoms with Crippen LogP contribution in [-0.4, -0.2) is 49.1 Å². The fourth-order valence-electron chi connectivity index (χ4n) is 2.55. The number of carbonyl (C=O) groups is 1. The quantitative estimate of drug-likeness (QED) is 0.695. The molecule has 0 saturated carbocycles. The van der Waals surface area contributed by atoms with E-state index in [1.54, 1.807) is 0 Å². The van der Waals surface area contributed by atoms with Gasteiger partial charge in [-0.05, 0) is 25.8 Å². The van der Waals surface area contributed by atoms with Gasteiger partial charge >= 0.3 is 0 Å². The zero-order chi connectivity index (χ0) is 10.7. The summed E-state index contributed by atoms with van der Waals surface area (Å²) in [6, 6.07) is 0. The molecule has 1 amide bonds. The lowest BCUT2D eigenvalue weighted by molar-refractivity contribution is -0.138. The summed E-state index contributed by atoms with van der Waals surface area (Å²) in [5, 5.41) is 7.67.